The number of allylic oxidation sites excluding steroid dienone is 1. The Morgan fingerprint density at radius 2 is 1.26 bits per heavy atom. The van der Waals surface area contributed by atoms with Crippen molar-refractivity contribution in [2.24, 2.45) is 0 Å². The van der Waals surface area contributed by atoms with Crippen LogP contribution in [-0.2, 0) is 4.74 Å². The number of benzene rings is 5. The first-order valence-corrected chi connectivity index (χ1v) is 16.6. The van der Waals surface area contributed by atoms with E-state index >= 15 is 0 Å². The Bertz CT molecular complexity index is 1770. The molecule has 0 saturated heterocycles. The number of hydrogen-bond donors (Lipinski definition) is 1. The molecule has 0 heterocycles. The van der Waals surface area contributed by atoms with E-state index in [-0.39, 0.29) is 12.5 Å². The first-order chi connectivity index (χ1) is 23.2. The topological polar surface area (TPSA) is 56.8 Å². The predicted octanol–water partition coefficient (Wildman–Crippen LogP) is 9.59. The summed E-state index contributed by atoms with van der Waals surface area (Å²) in [6.45, 7) is 4.43. The van der Waals surface area contributed by atoms with Crippen molar-refractivity contribution in [2.75, 3.05) is 32.2 Å². The molecule has 6 rings (SSSR count). The summed E-state index contributed by atoms with van der Waals surface area (Å²) < 4.78 is 17.2. The lowest BCUT2D eigenvalue weighted by atomic mass is 9.88. The molecule has 0 unspecified atom stereocenters. The number of ether oxygens (including phenoxy) is 3. The molecule has 0 saturated carbocycles. The van der Waals surface area contributed by atoms with Crippen molar-refractivity contribution in [3.8, 4) is 22.6 Å². The molecule has 0 aliphatic heterocycles. The minimum Gasteiger partial charge on any atom is -0.492 e. The van der Waals surface area contributed by atoms with Crippen molar-refractivity contribution >= 4 is 28.9 Å². The second-order valence-electron chi connectivity index (χ2n) is 11.3. The molecule has 0 radical (unpaired) electrons. The predicted molar refractivity (Wildman–Crippen MR) is 190 cm³/mol. The van der Waals surface area contributed by atoms with Gasteiger partial charge >= 0.3 is 6.16 Å². The molecule has 0 atom stereocenters. The van der Waals surface area contributed by atoms with E-state index in [9.17, 15) is 4.79 Å². The highest BCUT2D eigenvalue weighted by Crippen LogP contribution is 2.44. The summed E-state index contributed by atoms with van der Waals surface area (Å²) in [7, 11) is 0. The highest BCUT2D eigenvalue weighted by atomic mass is 35.5. The van der Waals surface area contributed by atoms with E-state index in [1.54, 1.807) is 0 Å². The SMILES string of the molecule is CC/C(=C(/c1ccc(OCCNCCCl)cc1)c1ccc(OC(=O)OCC2c3ccccc3-c3ccccc32)cc1)c1ccccc1. The molecule has 238 valence electrons. The standard InChI is InChI=1S/C41H38ClNO4/c1-2-34(29-10-4-3-5-11-29)40(30-16-20-32(21-17-30)45-27-26-43-25-24-42)31-18-22-33(23-19-31)47-41(44)46-28-39-37-14-8-6-12-35(37)36-13-7-9-15-38(36)39/h3-23,39,43H,2,24-28H2,1H3/b40-34+. The highest BCUT2D eigenvalue weighted by molar-refractivity contribution is 6.18. The second kappa shape index (κ2) is 15.6. The summed E-state index contributed by atoms with van der Waals surface area (Å²) in [6, 6.07) is 42.8. The van der Waals surface area contributed by atoms with Crippen LogP contribution in [0.15, 0.2) is 127 Å². The van der Waals surface area contributed by atoms with Gasteiger partial charge < -0.3 is 19.5 Å². The van der Waals surface area contributed by atoms with Gasteiger partial charge in [0.05, 0.1) is 0 Å². The molecule has 0 fully saturated rings. The van der Waals surface area contributed by atoms with E-state index in [0.717, 1.165) is 58.7 Å². The quantitative estimate of drug-likeness (QED) is 0.0455. The van der Waals surface area contributed by atoms with Gasteiger partial charge in [-0.05, 0) is 80.8 Å². The summed E-state index contributed by atoms with van der Waals surface area (Å²) in [6.07, 6.45) is 0.115. The fourth-order valence-electron chi connectivity index (χ4n) is 6.24. The molecule has 0 spiro atoms. The molecule has 1 N–H and O–H groups in total. The molecule has 5 aromatic rings. The smallest absolute Gasteiger partial charge is 0.492 e. The fourth-order valence-corrected chi connectivity index (χ4v) is 6.37. The third kappa shape index (κ3) is 7.60. The maximum atomic E-state index is 12.9. The van der Waals surface area contributed by atoms with Crippen molar-refractivity contribution in [3.05, 3.63) is 155 Å². The zero-order valence-corrected chi connectivity index (χ0v) is 27.2. The van der Waals surface area contributed by atoms with E-state index in [1.165, 1.54) is 16.7 Å². The van der Waals surface area contributed by atoms with E-state index in [0.29, 0.717) is 18.2 Å². The van der Waals surface area contributed by atoms with Crippen LogP contribution in [0.4, 0.5) is 4.79 Å². The van der Waals surface area contributed by atoms with Gasteiger partial charge in [-0.3, -0.25) is 0 Å². The third-order valence-electron chi connectivity index (χ3n) is 8.41. The second-order valence-corrected chi connectivity index (χ2v) is 11.7. The third-order valence-corrected chi connectivity index (χ3v) is 8.60. The average molecular weight is 644 g/mol. The van der Waals surface area contributed by atoms with E-state index in [2.05, 4.69) is 72.9 Å². The zero-order chi connectivity index (χ0) is 32.4. The molecule has 6 heteroatoms. The molecular formula is C41H38ClNO4. The van der Waals surface area contributed by atoms with Gasteiger partial charge in [-0.15, -0.1) is 11.6 Å². The van der Waals surface area contributed by atoms with Crippen molar-refractivity contribution in [3.63, 3.8) is 0 Å². The Morgan fingerprint density at radius 3 is 1.85 bits per heavy atom. The molecule has 0 aromatic heterocycles. The lowest BCUT2D eigenvalue weighted by Gasteiger charge is -2.17. The van der Waals surface area contributed by atoms with Crippen LogP contribution in [-0.4, -0.2) is 38.3 Å². The number of fused-ring (bicyclic) bond motifs is 3. The van der Waals surface area contributed by atoms with Crippen LogP contribution >= 0.6 is 11.6 Å². The van der Waals surface area contributed by atoms with Crippen LogP contribution in [0.2, 0.25) is 0 Å². The molecule has 1 aliphatic carbocycles. The number of carbonyl (C=O) groups is 1. The maximum Gasteiger partial charge on any atom is 0.513 e. The van der Waals surface area contributed by atoms with Crippen LogP contribution in [0.5, 0.6) is 11.5 Å². The number of alkyl halides is 1. The van der Waals surface area contributed by atoms with Crippen LogP contribution in [0.25, 0.3) is 22.3 Å². The van der Waals surface area contributed by atoms with Gasteiger partial charge in [0.2, 0.25) is 0 Å². The lowest BCUT2D eigenvalue weighted by Crippen LogP contribution is -2.22. The van der Waals surface area contributed by atoms with Crippen LogP contribution in [0, 0.1) is 0 Å². The largest absolute Gasteiger partial charge is 0.513 e. The monoisotopic (exact) mass is 643 g/mol. The summed E-state index contributed by atoms with van der Waals surface area (Å²) in [5, 5.41) is 3.24. The Kier molecular flexibility index (Phi) is 10.7. The number of rotatable bonds is 13. The Morgan fingerprint density at radius 1 is 0.681 bits per heavy atom. The Hall–Kier alpha value is -4.84. The van der Waals surface area contributed by atoms with E-state index in [4.69, 9.17) is 25.8 Å². The zero-order valence-electron chi connectivity index (χ0n) is 26.5. The number of nitrogens with one attached hydrogen (secondary N) is 1. The maximum absolute atomic E-state index is 12.9. The molecular weight excluding hydrogens is 606 g/mol. The molecule has 5 nitrogen and oxygen atoms in total. The summed E-state index contributed by atoms with van der Waals surface area (Å²) >= 11 is 5.74. The first-order valence-electron chi connectivity index (χ1n) is 16.1. The van der Waals surface area contributed by atoms with Crippen molar-refractivity contribution in [1.82, 2.24) is 5.32 Å². The molecule has 5 aromatic carbocycles. The summed E-state index contributed by atoms with van der Waals surface area (Å²) in [5.41, 5.74) is 10.3. The van der Waals surface area contributed by atoms with E-state index in [1.807, 2.05) is 66.7 Å². The average Bonchev–Trinajstić information content (AvgIpc) is 3.44. The normalized spacial score (nSPS) is 12.6. The minimum atomic E-state index is -0.720. The van der Waals surface area contributed by atoms with E-state index < -0.39 is 6.16 Å². The van der Waals surface area contributed by atoms with Crippen LogP contribution in [0.1, 0.15) is 47.1 Å². The van der Waals surface area contributed by atoms with Crippen molar-refractivity contribution in [1.29, 1.82) is 0 Å². The summed E-state index contributed by atoms with van der Waals surface area (Å²) in [4.78, 5) is 12.9. The van der Waals surface area contributed by atoms with Gasteiger partial charge in [0.25, 0.3) is 0 Å². The van der Waals surface area contributed by atoms with Crippen LogP contribution < -0.4 is 14.8 Å². The van der Waals surface area contributed by atoms with Crippen molar-refractivity contribution in [2.45, 2.75) is 19.3 Å². The minimum absolute atomic E-state index is 0.0279. The van der Waals surface area contributed by atoms with Gasteiger partial charge in [0, 0.05) is 24.9 Å². The number of halogens is 1. The molecule has 0 amide bonds. The number of carbonyl (C=O) groups excluding carboxylic acids is 1. The van der Waals surface area contributed by atoms with Crippen molar-refractivity contribution < 1.29 is 19.0 Å². The highest BCUT2D eigenvalue weighted by Gasteiger charge is 2.29. The number of hydrogen-bond acceptors (Lipinski definition) is 5. The van der Waals surface area contributed by atoms with Gasteiger partial charge in [0.15, 0.2) is 0 Å². The Labute approximate surface area is 281 Å². The first kappa shape index (κ1) is 32.1. The summed E-state index contributed by atoms with van der Waals surface area (Å²) in [5.74, 6) is 1.79. The van der Waals surface area contributed by atoms with Crippen LogP contribution in [0.3, 0.4) is 0 Å². The lowest BCUT2D eigenvalue weighted by molar-refractivity contribution is 0.0965. The van der Waals surface area contributed by atoms with Gasteiger partial charge in [-0.25, -0.2) is 4.79 Å². The van der Waals surface area contributed by atoms with Gasteiger partial charge in [-0.2, -0.15) is 0 Å². The fraction of sp³-hybridized carbons (Fsp3) is 0.195. The van der Waals surface area contributed by atoms with Gasteiger partial charge in [-0.1, -0.05) is 110 Å². The molecule has 47 heavy (non-hydrogen) atoms. The van der Waals surface area contributed by atoms with Gasteiger partial charge in [0.1, 0.15) is 24.7 Å². The molecule has 0 bridgehead atoms. The Balaban J connectivity index is 1.18. The molecule has 1 aliphatic rings.